The summed E-state index contributed by atoms with van der Waals surface area (Å²) in [6.45, 7) is 4.29. The van der Waals surface area contributed by atoms with Crippen LogP contribution in [0.2, 0.25) is 0 Å². The Morgan fingerprint density at radius 2 is 2.26 bits per heavy atom. The second-order valence-electron chi connectivity index (χ2n) is 4.31. The van der Waals surface area contributed by atoms with E-state index in [1.54, 1.807) is 0 Å². The molecule has 0 bridgehead atoms. The van der Waals surface area contributed by atoms with E-state index in [9.17, 15) is 0 Å². The highest BCUT2D eigenvalue weighted by atomic mass is 79.9. The number of aromatic nitrogens is 2. The van der Waals surface area contributed by atoms with Crippen molar-refractivity contribution in [1.29, 1.82) is 0 Å². The third-order valence-electron chi connectivity index (χ3n) is 2.94. The van der Waals surface area contributed by atoms with Crippen LogP contribution >= 0.6 is 15.9 Å². The molecule has 1 N–H and O–H groups in total. The highest BCUT2D eigenvalue weighted by molar-refractivity contribution is 9.10. The zero-order valence-electron chi connectivity index (χ0n) is 11.2. The molecule has 0 aliphatic rings. The van der Waals surface area contributed by atoms with Gasteiger partial charge in [0.25, 0.3) is 0 Å². The summed E-state index contributed by atoms with van der Waals surface area (Å²) in [6, 6.07) is 7.85. The van der Waals surface area contributed by atoms with Crippen LogP contribution in [-0.2, 0) is 13.1 Å². The summed E-state index contributed by atoms with van der Waals surface area (Å²) in [7, 11) is 1.94. The Balaban J connectivity index is 1.89. The molecular formula is C14H18BrN3O. The van der Waals surface area contributed by atoms with Gasteiger partial charge >= 0.3 is 0 Å². The first-order valence-corrected chi connectivity index (χ1v) is 7.04. The van der Waals surface area contributed by atoms with Gasteiger partial charge in [-0.15, -0.1) is 0 Å². The lowest BCUT2D eigenvalue weighted by molar-refractivity contribution is 0.289. The standard InChI is InChI=1S/C14H18BrN3O/c1-11-12(9-16-2)10-17-18(11)6-7-19-14-5-3-4-13(15)8-14/h3-5,8,10,16H,6-7,9H2,1-2H3. The maximum atomic E-state index is 5.71. The fourth-order valence-corrected chi connectivity index (χ4v) is 2.26. The Hall–Kier alpha value is -1.33. The van der Waals surface area contributed by atoms with Crippen LogP contribution in [0, 0.1) is 6.92 Å². The third kappa shape index (κ3) is 3.81. The summed E-state index contributed by atoms with van der Waals surface area (Å²) < 4.78 is 8.71. The van der Waals surface area contributed by atoms with E-state index in [4.69, 9.17) is 4.74 Å². The first kappa shape index (κ1) is 14.1. The summed E-state index contributed by atoms with van der Waals surface area (Å²) >= 11 is 3.43. The van der Waals surface area contributed by atoms with Gasteiger partial charge in [-0.2, -0.15) is 5.10 Å². The van der Waals surface area contributed by atoms with E-state index in [0.717, 1.165) is 23.3 Å². The molecular weight excluding hydrogens is 306 g/mol. The molecule has 0 radical (unpaired) electrons. The van der Waals surface area contributed by atoms with Gasteiger partial charge < -0.3 is 10.1 Å². The zero-order valence-corrected chi connectivity index (χ0v) is 12.8. The maximum Gasteiger partial charge on any atom is 0.120 e. The van der Waals surface area contributed by atoms with Crippen LogP contribution in [0.1, 0.15) is 11.3 Å². The second kappa shape index (κ2) is 6.73. The number of rotatable bonds is 6. The molecule has 19 heavy (non-hydrogen) atoms. The van der Waals surface area contributed by atoms with Gasteiger partial charge in [-0.25, -0.2) is 0 Å². The third-order valence-corrected chi connectivity index (χ3v) is 3.43. The lowest BCUT2D eigenvalue weighted by atomic mass is 10.2. The van der Waals surface area contributed by atoms with E-state index < -0.39 is 0 Å². The van der Waals surface area contributed by atoms with Crippen molar-refractivity contribution in [2.75, 3.05) is 13.7 Å². The van der Waals surface area contributed by atoms with Crippen LogP contribution in [0.5, 0.6) is 5.75 Å². The van der Waals surface area contributed by atoms with Gasteiger partial charge in [-0.1, -0.05) is 22.0 Å². The number of halogens is 1. The van der Waals surface area contributed by atoms with E-state index in [2.05, 4.69) is 33.3 Å². The zero-order chi connectivity index (χ0) is 13.7. The van der Waals surface area contributed by atoms with Crippen LogP contribution in [0.25, 0.3) is 0 Å². The van der Waals surface area contributed by atoms with Gasteiger partial charge in [-0.05, 0) is 32.2 Å². The van der Waals surface area contributed by atoms with Crippen molar-refractivity contribution in [3.8, 4) is 5.75 Å². The minimum Gasteiger partial charge on any atom is -0.492 e. The minimum atomic E-state index is 0.609. The number of hydrogen-bond donors (Lipinski definition) is 1. The van der Waals surface area contributed by atoms with E-state index in [0.29, 0.717) is 6.61 Å². The average Bonchev–Trinajstić information content (AvgIpc) is 2.72. The lowest BCUT2D eigenvalue weighted by Crippen LogP contribution is -2.12. The van der Waals surface area contributed by atoms with Crippen molar-refractivity contribution in [3.63, 3.8) is 0 Å². The molecule has 0 amide bonds. The normalized spacial score (nSPS) is 10.7. The number of ether oxygens (including phenoxy) is 1. The summed E-state index contributed by atoms with van der Waals surface area (Å²) in [5.41, 5.74) is 2.41. The van der Waals surface area contributed by atoms with Gasteiger partial charge in [0, 0.05) is 22.3 Å². The predicted octanol–water partition coefficient (Wildman–Crippen LogP) is 2.75. The Bertz CT molecular complexity index is 539. The van der Waals surface area contributed by atoms with Crippen LogP contribution in [0.4, 0.5) is 0 Å². The Morgan fingerprint density at radius 3 is 3.00 bits per heavy atom. The van der Waals surface area contributed by atoms with Crippen molar-refractivity contribution in [3.05, 3.63) is 46.2 Å². The second-order valence-corrected chi connectivity index (χ2v) is 5.23. The molecule has 0 spiro atoms. The largest absolute Gasteiger partial charge is 0.492 e. The topological polar surface area (TPSA) is 39.1 Å². The summed E-state index contributed by atoms with van der Waals surface area (Å²) in [5.74, 6) is 0.870. The van der Waals surface area contributed by atoms with E-state index >= 15 is 0 Å². The van der Waals surface area contributed by atoms with Gasteiger partial charge in [0.15, 0.2) is 0 Å². The Kier molecular flexibility index (Phi) is 4.99. The number of hydrogen-bond acceptors (Lipinski definition) is 3. The molecule has 0 aliphatic heterocycles. The van der Waals surface area contributed by atoms with E-state index in [-0.39, 0.29) is 0 Å². The Labute approximate surface area is 121 Å². The molecule has 1 aromatic carbocycles. The number of nitrogens with zero attached hydrogens (tertiary/aromatic N) is 2. The first-order valence-electron chi connectivity index (χ1n) is 6.25. The van der Waals surface area contributed by atoms with Gasteiger partial charge in [0.2, 0.25) is 0 Å². The summed E-state index contributed by atoms with van der Waals surface area (Å²) in [6.07, 6.45) is 1.91. The van der Waals surface area contributed by atoms with Gasteiger partial charge in [0.1, 0.15) is 12.4 Å². The molecule has 5 heteroatoms. The van der Waals surface area contributed by atoms with Crippen molar-refractivity contribution < 1.29 is 4.74 Å². The molecule has 1 aromatic heterocycles. The molecule has 2 aromatic rings. The molecule has 1 heterocycles. The molecule has 0 saturated heterocycles. The molecule has 2 rings (SSSR count). The van der Waals surface area contributed by atoms with Gasteiger partial charge in [0.05, 0.1) is 12.7 Å². The van der Waals surface area contributed by atoms with Crippen LogP contribution in [0.3, 0.4) is 0 Å². The molecule has 0 fully saturated rings. The molecule has 0 unspecified atom stereocenters. The summed E-state index contributed by atoms with van der Waals surface area (Å²) in [5, 5.41) is 7.51. The van der Waals surface area contributed by atoms with Crippen molar-refractivity contribution >= 4 is 15.9 Å². The smallest absolute Gasteiger partial charge is 0.120 e. The SMILES string of the molecule is CNCc1cnn(CCOc2cccc(Br)c2)c1C. The molecule has 0 atom stereocenters. The molecule has 102 valence electrons. The maximum absolute atomic E-state index is 5.71. The lowest BCUT2D eigenvalue weighted by Gasteiger charge is -2.08. The molecule has 4 nitrogen and oxygen atoms in total. The fourth-order valence-electron chi connectivity index (χ4n) is 1.88. The van der Waals surface area contributed by atoms with E-state index in [1.807, 2.05) is 42.2 Å². The molecule has 0 aliphatic carbocycles. The van der Waals surface area contributed by atoms with Gasteiger partial charge in [-0.3, -0.25) is 4.68 Å². The number of benzene rings is 1. The first-order chi connectivity index (χ1) is 9.20. The monoisotopic (exact) mass is 323 g/mol. The van der Waals surface area contributed by atoms with Crippen LogP contribution in [-0.4, -0.2) is 23.4 Å². The van der Waals surface area contributed by atoms with Crippen molar-refractivity contribution in [2.45, 2.75) is 20.0 Å². The van der Waals surface area contributed by atoms with Crippen molar-refractivity contribution in [2.24, 2.45) is 0 Å². The van der Waals surface area contributed by atoms with E-state index in [1.165, 1.54) is 11.3 Å². The quantitative estimate of drug-likeness (QED) is 0.888. The minimum absolute atomic E-state index is 0.609. The highest BCUT2D eigenvalue weighted by Crippen LogP contribution is 2.17. The number of nitrogens with one attached hydrogen (secondary N) is 1. The molecule has 0 saturated carbocycles. The predicted molar refractivity (Wildman–Crippen MR) is 79.4 cm³/mol. The van der Waals surface area contributed by atoms with Crippen LogP contribution in [0.15, 0.2) is 34.9 Å². The average molecular weight is 324 g/mol. The highest BCUT2D eigenvalue weighted by Gasteiger charge is 2.05. The van der Waals surface area contributed by atoms with Crippen LogP contribution < -0.4 is 10.1 Å². The summed E-state index contributed by atoms with van der Waals surface area (Å²) in [4.78, 5) is 0. The van der Waals surface area contributed by atoms with Crippen molar-refractivity contribution in [1.82, 2.24) is 15.1 Å². The Morgan fingerprint density at radius 1 is 1.42 bits per heavy atom. The fraction of sp³-hybridized carbons (Fsp3) is 0.357.